The fourth-order valence-electron chi connectivity index (χ4n) is 2.64. The number of amides is 1. The molecule has 0 aliphatic carbocycles. The van der Waals surface area contributed by atoms with Crippen molar-refractivity contribution in [3.05, 3.63) is 69.8 Å². The van der Waals surface area contributed by atoms with Crippen LogP contribution in [0.25, 0.3) is 0 Å². The van der Waals surface area contributed by atoms with E-state index >= 15 is 0 Å². The van der Waals surface area contributed by atoms with Gasteiger partial charge in [-0.25, -0.2) is 4.79 Å². The molecule has 148 valence electrons. The van der Waals surface area contributed by atoms with Crippen molar-refractivity contribution in [3.8, 4) is 5.75 Å². The minimum atomic E-state index is -1.05. The van der Waals surface area contributed by atoms with Crippen molar-refractivity contribution in [1.29, 1.82) is 0 Å². The summed E-state index contributed by atoms with van der Waals surface area (Å²) in [4.78, 5) is 35.1. The molecule has 0 fully saturated rings. The number of nitrogens with one attached hydrogen (secondary N) is 1. The maximum Gasteiger partial charge on any atom is 0.328 e. The van der Waals surface area contributed by atoms with Crippen LogP contribution in [-0.2, 0) is 20.7 Å². The molecule has 2 aromatic rings. The summed E-state index contributed by atoms with van der Waals surface area (Å²) in [5, 5.41) is 13.7. The number of hydrogen-bond donors (Lipinski definition) is 1. The van der Waals surface area contributed by atoms with Crippen molar-refractivity contribution in [1.82, 2.24) is 5.32 Å². The highest BCUT2D eigenvalue weighted by atomic mass is 16.6. The number of carbonyl (C=O) groups is 2. The number of rotatable bonds is 8. The lowest BCUT2D eigenvalue weighted by Gasteiger charge is -2.20. The van der Waals surface area contributed by atoms with E-state index in [-0.39, 0.29) is 17.9 Å². The summed E-state index contributed by atoms with van der Waals surface area (Å²) < 4.78 is 10.2. The van der Waals surface area contributed by atoms with Crippen LogP contribution in [0.1, 0.15) is 18.1 Å². The molecule has 0 saturated carbocycles. The second kappa shape index (κ2) is 9.50. The third kappa shape index (κ3) is 5.29. The molecule has 0 aliphatic heterocycles. The van der Waals surface area contributed by atoms with Gasteiger partial charge in [-0.1, -0.05) is 36.4 Å². The van der Waals surface area contributed by atoms with E-state index in [0.29, 0.717) is 0 Å². The molecule has 8 heteroatoms. The van der Waals surface area contributed by atoms with Crippen LogP contribution in [0, 0.1) is 17.0 Å². The average Bonchev–Trinajstić information content (AvgIpc) is 2.68. The minimum Gasteiger partial charge on any atom is -0.474 e. The number of benzene rings is 2. The summed E-state index contributed by atoms with van der Waals surface area (Å²) in [5.74, 6) is -1.19. The third-order valence-electron chi connectivity index (χ3n) is 4.22. The van der Waals surface area contributed by atoms with Gasteiger partial charge in [0.2, 0.25) is 0 Å². The van der Waals surface area contributed by atoms with E-state index in [1.54, 1.807) is 6.07 Å². The van der Waals surface area contributed by atoms with Gasteiger partial charge in [-0.15, -0.1) is 0 Å². The number of nitrogens with zero attached hydrogens (tertiary/aromatic N) is 1. The number of nitro groups is 1. The van der Waals surface area contributed by atoms with Crippen LogP contribution in [0.15, 0.2) is 48.5 Å². The fourth-order valence-corrected chi connectivity index (χ4v) is 2.64. The second-order valence-corrected chi connectivity index (χ2v) is 6.20. The highest BCUT2D eigenvalue weighted by molar-refractivity contribution is 5.87. The van der Waals surface area contributed by atoms with Gasteiger partial charge in [0, 0.05) is 12.5 Å². The van der Waals surface area contributed by atoms with Crippen molar-refractivity contribution in [3.63, 3.8) is 0 Å². The molecule has 28 heavy (non-hydrogen) atoms. The predicted octanol–water partition coefficient (Wildman–Crippen LogP) is 2.57. The standard InChI is InChI=1S/C20H22N2O6/c1-13-8-4-5-9-15(13)12-16(20(24)27-3)21-19(23)14(2)28-18-11-7-6-10-17(18)22(25)26/h4-11,14,16H,12H2,1-3H3,(H,21,23)/t14?,16-/m0/s1. The number of hydrogen-bond acceptors (Lipinski definition) is 6. The maximum atomic E-state index is 12.5. The molecular weight excluding hydrogens is 364 g/mol. The largest absolute Gasteiger partial charge is 0.474 e. The van der Waals surface area contributed by atoms with Gasteiger partial charge in [-0.3, -0.25) is 14.9 Å². The summed E-state index contributed by atoms with van der Waals surface area (Å²) in [6.07, 6.45) is -0.798. The van der Waals surface area contributed by atoms with Gasteiger partial charge >= 0.3 is 11.7 Å². The van der Waals surface area contributed by atoms with Crippen LogP contribution in [0.5, 0.6) is 5.75 Å². The third-order valence-corrected chi connectivity index (χ3v) is 4.22. The number of esters is 1. The predicted molar refractivity (Wildman–Crippen MR) is 102 cm³/mol. The molecule has 1 amide bonds. The van der Waals surface area contributed by atoms with E-state index in [9.17, 15) is 19.7 Å². The van der Waals surface area contributed by atoms with Gasteiger partial charge in [-0.2, -0.15) is 0 Å². The Morgan fingerprint density at radius 1 is 1.14 bits per heavy atom. The van der Waals surface area contributed by atoms with Gasteiger partial charge in [0.05, 0.1) is 12.0 Å². The number of carbonyl (C=O) groups excluding carboxylic acids is 2. The summed E-state index contributed by atoms with van der Waals surface area (Å²) in [6.45, 7) is 3.36. The van der Waals surface area contributed by atoms with Gasteiger partial charge in [-0.05, 0) is 31.0 Å². The zero-order valence-electron chi connectivity index (χ0n) is 15.9. The second-order valence-electron chi connectivity index (χ2n) is 6.20. The number of methoxy groups -OCH3 is 1. The first-order chi connectivity index (χ1) is 13.3. The maximum absolute atomic E-state index is 12.5. The Balaban J connectivity index is 2.11. The smallest absolute Gasteiger partial charge is 0.328 e. The molecule has 0 aromatic heterocycles. The number of nitro benzene ring substituents is 1. The van der Waals surface area contributed by atoms with E-state index in [2.05, 4.69) is 5.32 Å². The first-order valence-electron chi connectivity index (χ1n) is 8.66. The highest BCUT2D eigenvalue weighted by Crippen LogP contribution is 2.26. The summed E-state index contributed by atoms with van der Waals surface area (Å²) in [6, 6.07) is 12.4. The van der Waals surface area contributed by atoms with Crippen molar-refractivity contribution in [2.24, 2.45) is 0 Å². The van der Waals surface area contributed by atoms with Gasteiger partial charge in [0.15, 0.2) is 11.9 Å². The van der Waals surface area contributed by atoms with Crippen molar-refractivity contribution in [2.45, 2.75) is 32.4 Å². The Hall–Kier alpha value is -3.42. The van der Waals surface area contributed by atoms with E-state index in [0.717, 1.165) is 11.1 Å². The van der Waals surface area contributed by atoms with Crippen LogP contribution in [0.4, 0.5) is 5.69 Å². The Kier molecular flexibility index (Phi) is 7.08. The van der Waals surface area contributed by atoms with Crippen LogP contribution in [-0.4, -0.2) is 36.1 Å². The molecule has 0 aliphatic rings. The zero-order valence-corrected chi connectivity index (χ0v) is 15.9. The quantitative estimate of drug-likeness (QED) is 0.424. The first-order valence-corrected chi connectivity index (χ1v) is 8.66. The monoisotopic (exact) mass is 386 g/mol. The molecule has 8 nitrogen and oxygen atoms in total. The van der Waals surface area contributed by atoms with E-state index < -0.39 is 28.9 Å². The molecule has 2 atom stereocenters. The molecule has 2 aromatic carbocycles. The number of ether oxygens (including phenoxy) is 2. The fraction of sp³-hybridized carbons (Fsp3) is 0.300. The molecule has 0 bridgehead atoms. The van der Waals surface area contributed by atoms with Gasteiger partial charge < -0.3 is 14.8 Å². The Morgan fingerprint density at radius 2 is 1.79 bits per heavy atom. The van der Waals surface area contributed by atoms with Crippen LogP contribution in [0.2, 0.25) is 0 Å². The molecule has 0 heterocycles. The normalized spacial score (nSPS) is 12.5. The van der Waals surface area contributed by atoms with E-state index in [1.807, 2.05) is 31.2 Å². The molecule has 0 radical (unpaired) electrons. The molecule has 0 saturated heterocycles. The van der Waals surface area contributed by atoms with Crippen LogP contribution >= 0.6 is 0 Å². The number of para-hydroxylation sites is 2. The van der Waals surface area contributed by atoms with Crippen molar-refractivity contribution >= 4 is 17.6 Å². The number of aryl methyl sites for hydroxylation is 1. The molecule has 1 unspecified atom stereocenters. The SMILES string of the molecule is COC(=O)[C@H](Cc1ccccc1C)NC(=O)C(C)Oc1ccccc1[N+](=O)[O-]. The average molecular weight is 386 g/mol. The molecule has 0 spiro atoms. The molecular formula is C20H22N2O6. The topological polar surface area (TPSA) is 108 Å². The van der Waals surface area contributed by atoms with Crippen molar-refractivity contribution in [2.75, 3.05) is 7.11 Å². The summed E-state index contributed by atoms with van der Waals surface area (Å²) in [5.41, 5.74) is 1.63. The lowest BCUT2D eigenvalue weighted by molar-refractivity contribution is -0.386. The first kappa shape index (κ1) is 20.9. The summed E-state index contributed by atoms with van der Waals surface area (Å²) in [7, 11) is 1.24. The minimum absolute atomic E-state index is 0.0244. The molecule has 1 N–H and O–H groups in total. The van der Waals surface area contributed by atoms with E-state index in [4.69, 9.17) is 9.47 Å². The van der Waals surface area contributed by atoms with Crippen LogP contribution in [0.3, 0.4) is 0 Å². The highest BCUT2D eigenvalue weighted by Gasteiger charge is 2.27. The van der Waals surface area contributed by atoms with Crippen LogP contribution < -0.4 is 10.1 Å². The zero-order chi connectivity index (χ0) is 20.7. The lowest BCUT2D eigenvalue weighted by Crippen LogP contribution is -2.47. The lowest BCUT2D eigenvalue weighted by atomic mass is 10.0. The van der Waals surface area contributed by atoms with Crippen molar-refractivity contribution < 1.29 is 24.0 Å². The van der Waals surface area contributed by atoms with Gasteiger partial charge in [0.25, 0.3) is 5.91 Å². The Labute approximate surface area is 162 Å². The van der Waals surface area contributed by atoms with E-state index in [1.165, 1.54) is 32.2 Å². The van der Waals surface area contributed by atoms with Gasteiger partial charge in [0.1, 0.15) is 6.04 Å². The molecule has 2 rings (SSSR count). The Bertz CT molecular complexity index is 867. The Morgan fingerprint density at radius 3 is 2.43 bits per heavy atom. The summed E-state index contributed by atoms with van der Waals surface area (Å²) >= 11 is 0.